The normalized spacial score (nSPS) is 16.1. The Morgan fingerprint density at radius 3 is 2.27 bits per heavy atom. The van der Waals surface area contributed by atoms with Crippen LogP contribution in [0.1, 0.15) is 41.7 Å². The third-order valence-electron chi connectivity index (χ3n) is 5.44. The van der Waals surface area contributed by atoms with Crippen LogP contribution in [0.2, 0.25) is 0 Å². The second kappa shape index (κ2) is 10.5. The molecule has 3 rings (SSSR count). The number of nitrogens with one attached hydrogen (secondary N) is 2. The fraction of sp³-hybridized carbons (Fsp3) is 0.364. The molecule has 1 aliphatic heterocycles. The fourth-order valence-electron chi connectivity index (χ4n) is 3.38. The maximum Gasteiger partial charge on any atom is 0.255 e. The summed E-state index contributed by atoms with van der Waals surface area (Å²) in [5, 5.41) is 5.82. The van der Waals surface area contributed by atoms with Gasteiger partial charge in [-0.05, 0) is 61.7 Å². The average Bonchev–Trinajstić information content (AvgIpc) is 2.75. The second-order valence-corrected chi connectivity index (χ2v) is 7.38. The first-order valence-corrected chi connectivity index (χ1v) is 9.69. The Labute approximate surface area is 181 Å². The van der Waals surface area contributed by atoms with Crippen molar-refractivity contribution < 1.29 is 18.7 Å². The lowest BCUT2D eigenvalue weighted by Crippen LogP contribution is -2.49. The first-order valence-electron chi connectivity index (χ1n) is 9.69. The minimum absolute atomic E-state index is 0. The molecular weight excluding hydrogens is 409 g/mol. The lowest BCUT2D eigenvalue weighted by molar-refractivity contribution is -0.136. The smallest absolute Gasteiger partial charge is 0.255 e. The molecule has 1 saturated heterocycles. The molecule has 0 radical (unpaired) electrons. The zero-order chi connectivity index (χ0) is 20.9. The van der Waals surface area contributed by atoms with Crippen molar-refractivity contribution in [3.63, 3.8) is 0 Å². The number of benzene rings is 2. The van der Waals surface area contributed by atoms with E-state index in [1.165, 1.54) is 24.3 Å². The molecule has 0 bridgehead atoms. The Kier molecular flexibility index (Phi) is 8.34. The van der Waals surface area contributed by atoms with Gasteiger partial charge in [0.2, 0.25) is 5.91 Å². The number of amides is 2. The van der Waals surface area contributed by atoms with Gasteiger partial charge in [0, 0.05) is 31.0 Å². The van der Waals surface area contributed by atoms with Gasteiger partial charge in [-0.2, -0.15) is 0 Å². The minimum atomic E-state index is -0.574. The standard InChI is InChI=1S/C22H26FN3O3.ClH/c1-15(25-21(28)22(14-24)10-12-29-13-11-22)16-4-8-19(9-5-16)26-20(27)17-2-6-18(23)7-3-17;/h2-9,15H,10-14,24H2,1H3,(H,25,28)(H,26,27);1H. The Morgan fingerprint density at radius 1 is 1.10 bits per heavy atom. The van der Waals surface area contributed by atoms with Crippen LogP contribution in [0.15, 0.2) is 48.5 Å². The van der Waals surface area contributed by atoms with Gasteiger partial charge >= 0.3 is 0 Å². The zero-order valence-electron chi connectivity index (χ0n) is 16.8. The highest BCUT2D eigenvalue weighted by molar-refractivity contribution is 6.04. The van der Waals surface area contributed by atoms with Crippen molar-refractivity contribution in [1.82, 2.24) is 5.32 Å². The fourth-order valence-corrected chi connectivity index (χ4v) is 3.38. The van der Waals surface area contributed by atoms with E-state index < -0.39 is 5.41 Å². The summed E-state index contributed by atoms with van der Waals surface area (Å²) < 4.78 is 18.3. The van der Waals surface area contributed by atoms with Gasteiger partial charge in [0.15, 0.2) is 0 Å². The number of carbonyl (C=O) groups excluding carboxylic acids is 2. The second-order valence-electron chi connectivity index (χ2n) is 7.38. The third kappa shape index (κ3) is 5.56. The molecule has 0 aliphatic carbocycles. The van der Waals surface area contributed by atoms with Gasteiger partial charge in [0.25, 0.3) is 5.91 Å². The van der Waals surface area contributed by atoms with Crippen molar-refractivity contribution in [3.8, 4) is 0 Å². The van der Waals surface area contributed by atoms with E-state index >= 15 is 0 Å². The molecule has 8 heteroatoms. The van der Waals surface area contributed by atoms with Crippen molar-refractivity contribution in [2.24, 2.45) is 11.1 Å². The van der Waals surface area contributed by atoms with Gasteiger partial charge in [-0.25, -0.2) is 4.39 Å². The van der Waals surface area contributed by atoms with Crippen LogP contribution in [-0.4, -0.2) is 31.6 Å². The Bertz CT molecular complexity index is 853. The predicted octanol–water partition coefficient (Wildman–Crippen LogP) is 3.43. The molecule has 4 N–H and O–H groups in total. The summed E-state index contributed by atoms with van der Waals surface area (Å²) in [6, 6.07) is 12.4. The van der Waals surface area contributed by atoms with Crippen molar-refractivity contribution in [2.45, 2.75) is 25.8 Å². The van der Waals surface area contributed by atoms with Gasteiger partial charge in [0.05, 0.1) is 11.5 Å². The van der Waals surface area contributed by atoms with Crippen molar-refractivity contribution in [2.75, 3.05) is 25.1 Å². The Balaban J connectivity index is 0.00000320. The van der Waals surface area contributed by atoms with E-state index in [0.717, 1.165) is 5.56 Å². The number of halogens is 2. The van der Waals surface area contributed by atoms with Crippen LogP contribution in [-0.2, 0) is 9.53 Å². The molecule has 1 fully saturated rings. The third-order valence-corrected chi connectivity index (χ3v) is 5.44. The monoisotopic (exact) mass is 435 g/mol. The number of anilines is 1. The van der Waals surface area contributed by atoms with Crippen LogP contribution in [0.3, 0.4) is 0 Å². The molecular formula is C22H27ClFN3O3. The van der Waals surface area contributed by atoms with Gasteiger partial charge < -0.3 is 21.1 Å². The SMILES string of the molecule is CC(NC(=O)C1(CN)CCOCC1)c1ccc(NC(=O)c2ccc(F)cc2)cc1.Cl. The van der Waals surface area contributed by atoms with Crippen molar-refractivity contribution in [1.29, 1.82) is 0 Å². The molecule has 0 aromatic heterocycles. The largest absolute Gasteiger partial charge is 0.381 e. The molecule has 0 spiro atoms. The van der Waals surface area contributed by atoms with E-state index in [0.29, 0.717) is 43.9 Å². The number of rotatable bonds is 6. The number of hydrogen-bond donors (Lipinski definition) is 3. The molecule has 30 heavy (non-hydrogen) atoms. The summed E-state index contributed by atoms with van der Waals surface area (Å²) in [5.41, 5.74) is 7.23. The Hall–Kier alpha value is -2.48. The minimum Gasteiger partial charge on any atom is -0.381 e. The van der Waals surface area contributed by atoms with E-state index in [1.807, 2.05) is 19.1 Å². The topological polar surface area (TPSA) is 93.5 Å². The highest BCUT2D eigenvalue weighted by Gasteiger charge is 2.39. The highest BCUT2D eigenvalue weighted by atomic mass is 35.5. The van der Waals surface area contributed by atoms with Gasteiger partial charge in [0.1, 0.15) is 5.82 Å². The van der Waals surface area contributed by atoms with E-state index in [4.69, 9.17) is 10.5 Å². The number of nitrogens with two attached hydrogens (primary N) is 1. The quantitative estimate of drug-likeness (QED) is 0.648. The first-order chi connectivity index (χ1) is 13.9. The predicted molar refractivity (Wildman–Crippen MR) is 116 cm³/mol. The molecule has 162 valence electrons. The van der Waals surface area contributed by atoms with Crippen LogP contribution >= 0.6 is 12.4 Å². The summed E-state index contributed by atoms with van der Waals surface area (Å²) in [6.45, 7) is 3.29. The lowest BCUT2D eigenvalue weighted by Gasteiger charge is -2.35. The Morgan fingerprint density at radius 2 is 1.70 bits per heavy atom. The van der Waals surface area contributed by atoms with Crippen molar-refractivity contribution >= 4 is 29.9 Å². The zero-order valence-corrected chi connectivity index (χ0v) is 17.6. The van der Waals surface area contributed by atoms with E-state index in [-0.39, 0.29) is 36.1 Å². The molecule has 6 nitrogen and oxygen atoms in total. The molecule has 2 aromatic rings. The van der Waals surface area contributed by atoms with Crippen LogP contribution in [0, 0.1) is 11.2 Å². The summed E-state index contributed by atoms with van der Waals surface area (Å²) in [6.07, 6.45) is 1.24. The van der Waals surface area contributed by atoms with E-state index in [1.54, 1.807) is 12.1 Å². The van der Waals surface area contributed by atoms with Crippen molar-refractivity contribution in [3.05, 3.63) is 65.5 Å². The highest BCUT2D eigenvalue weighted by Crippen LogP contribution is 2.30. The first kappa shape index (κ1) is 23.8. The summed E-state index contributed by atoms with van der Waals surface area (Å²) in [5.74, 6) is -0.757. The number of carbonyl (C=O) groups is 2. The van der Waals surface area contributed by atoms with Gasteiger partial charge in [-0.1, -0.05) is 12.1 Å². The van der Waals surface area contributed by atoms with Gasteiger partial charge in [-0.3, -0.25) is 9.59 Å². The molecule has 1 heterocycles. The molecule has 2 aromatic carbocycles. The lowest BCUT2D eigenvalue weighted by atomic mass is 9.79. The maximum atomic E-state index is 13.0. The number of ether oxygens (including phenoxy) is 1. The molecule has 1 unspecified atom stereocenters. The van der Waals surface area contributed by atoms with E-state index in [2.05, 4.69) is 10.6 Å². The number of hydrogen-bond acceptors (Lipinski definition) is 4. The summed E-state index contributed by atoms with van der Waals surface area (Å²) in [7, 11) is 0. The summed E-state index contributed by atoms with van der Waals surface area (Å²) >= 11 is 0. The summed E-state index contributed by atoms with van der Waals surface area (Å²) in [4.78, 5) is 25.0. The maximum absolute atomic E-state index is 13.0. The van der Waals surface area contributed by atoms with Crippen LogP contribution in [0.5, 0.6) is 0 Å². The van der Waals surface area contributed by atoms with Crippen LogP contribution in [0.4, 0.5) is 10.1 Å². The van der Waals surface area contributed by atoms with E-state index in [9.17, 15) is 14.0 Å². The molecule has 1 aliphatic rings. The van der Waals surface area contributed by atoms with Crippen LogP contribution < -0.4 is 16.4 Å². The average molecular weight is 436 g/mol. The molecule has 2 amide bonds. The van der Waals surface area contributed by atoms with Crippen LogP contribution in [0.25, 0.3) is 0 Å². The van der Waals surface area contributed by atoms with Gasteiger partial charge in [-0.15, -0.1) is 12.4 Å². The molecule has 0 saturated carbocycles. The molecule has 1 atom stereocenters.